The Labute approximate surface area is 126 Å². The van der Waals surface area contributed by atoms with Crippen LogP contribution in [0, 0.1) is 0 Å². The van der Waals surface area contributed by atoms with E-state index in [1.165, 1.54) is 0 Å². The highest BCUT2D eigenvalue weighted by Crippen LogP contribution is 2.25. The van der Waals surface area contributed by atoms with Crippen molar-refractivity contribution in [3.05, 3.63) is 22.8 Å². The number of rotatable bonds is 5. The van der Waals surface area contributed by atoms with E-state index < -0.39 is 0 Å². The van der Waals surface area contributed by atoms with Gasteiger partial charge in [-0.3, -0.25) is 0 Å². The molecule has 112 valence electrons. The minimum atomic E-state index is 0.245. The number of nitrogens with zero attached hydrogens (tertiary/aromatic N) is 2. The van der Waals surface area contributed by atoms with Crippen molar-refractivity contribution in [1.82, 2.24) is 10.3 Å². The van der Waals surface area contributed by atoms with Gasteiger partial charge >= 0.3 is 0 Å². The minimum Gasteiger partial charge on any atom is -0.376 e. The van der Waals surface area contributed by atoms with E-state index in [2.05, 4.69) is 38.0 Å². The molecule has 5 heteroatoms. The number of nitrogens with one attached hydrogen (secondary N) is 1. The third kappa shape index (κ3) is 3.62. The third-order valence-corrected chi connectivity index (χ3v) is 4.12. The highest BCUT2D eigenvalue weighted by molar-refractivity contribution is 6.31. The van der Waals surface area contributed by atoms with Crippen molar-refractivity contribution in [2.24, 2.45) is 0 Å². The monoisotopic (exact) mass is 297 g/mol. The molecule has 2 unspecified atom stereocenters. The number of hydrogen-bond donors (Lipinski definition) is 1. The summed E-state index contributed by atoms with van der Waals surface area (Å²) in [6.45, 7) is 7.86. The zero-order valence-corrected chi connectivity index (χ0v) is 13.4. The minimum absolute atomic E-state index is 0.245. The molecule has 1 aliphatic rings. The fourth-order valence-electron chi connectivity index (χ4n) is 2.49. The molecular weight excluding hydrogens is 274 g/mol. The fourth-order valence-corrected chi connectivity index (χ4v) is 2.67. The molecule has 1 aromatic heterocycles. The lowest BCUT2D eigenvalue weighted by atomic mass is 10.1. The van der Waals surface area contributed by atoms with E-state index in [1.807, 2.05) is 12.1 Å². The summed E-state index contributed by atoms with van der Waals surface area (Å²) in [5, 5.41) is 4.07. The maximum Gasteiger partial charge on any atom is 0.129 e. The van der Waals surface area contributed by atoms with E-state index in [-0.39, 0.29) is 6.10 Å². The Morgan fingerprint density at radius 1 is 1.50 bits per heavy atom. The van der Waals surface area contributed by atoms with Gasteiger partial charge in [-0.1, -0.05) is 25.4 Å². The molecule has 4 nitrogen and oxygen atoms in total. The molecule has 1 aliphatic heterocycles. The standard InChI is InChI=1S/C15H24ClN3O/c1-10(2)17-9-13-12(16)5-6-15(18-13)19(4)14-7-8-20-11(14)3/h5-6,10-11,14,17H,7-9H2,1-4H3. The second kappa shape index (κ2) is 6.74. The Balaban J connectivity index is 2.13. The molecule has 2 atom stereocenters. The smallest absolute Gasteiger partial charge is 0.129 e. The molecule has 0 saturated carbocycles. The van der Waals surface area contributed by atoms with E-state index in [0.29, 0.717) is 23.7 Å². The van der Waals surface area contributed by atoms with Crippen LogP contribution in [0.5, 0.6) is 0 Å². The third-order valence-electron chi connectivity index (χ3n) is 3.78. The normalized spacial score (nSPS) is 22.5. The molecule has 1 fully saturated rings. The van der Waals surface area contributed by atoms with E-state index >= 15 is 0 Å². The zero-order valence-electron chi connectivity index (χ0n) is 12.7. The van der Waals surface area contributed by atoms with Crippen molar-refractivity contribution >= 4 is 17.4 Å². The highest BCUT2D eigenvalue weighted by atomic mass is 35.5. The predicted octanol–water partition coefficient (Wildman–Crippen LogP) is 2.85. The van der Waals surface area contributed by atoms with Crippen LogP contribution < -0.4 is 10.2 Å². The number of ether oxygens (including phenoxy) is 1. The van der Waals surface area contributed by atoms with Crippen molar-refractivity contribution < 1.29 is 4.74 Å². The van der Waals surface area contributed by atoms with Crippen molar-refractivity contribution in [3.63, 3.8) is 0 Å². The molecule has 0 aliphatic carbocycles. The van der Waals surface area contributed by atoms with Gasteiger partial charge in [-0.25, -0.2) is 4.98 Å². The first kappa shape index (κ1) is 15.5. The van der Waals surface area contributed by atoms with Gasteiger partial charge in [-0.2, -0.15) is 0 Å². The summed E-state index contributed by atoms with van der Waals surface area (Å²) in [7, 11) is 2.08. The number of likely N-dealkylation sites (N-methyl/N-ethyl adjacent to an activating group) is 1. The predicted molar refractivity (Wildman–Crippen MR) is 83.4 cm³/mol. The van der Waals surface area contributed by atoms with Crippen LogP contribution in [0.15, 0.2) is 12.1 Å². The van der Waals surface area contributed by atoms with Crippen LogP contribution in [0.25, 0.3) is 0 Å². The van der Waals surface area contributed by atoms with Gasteiger partial charge < -0.3 is 15.0 Å². The molecule has 20 heavy (non-hydrogen) atoms. The number of anilines is 1. The van der Waals surface area contributed by atoms with Crippen LogP contribution in [0.4, 0.5) is 5.82 Å². The van der Waals surface area contributed by atoms with Gasteiger partial charge in [-0.05, 0) is 25.5 Å². The summed E-state index contributed by atoms with van der Waals surface area (Å²) in [6, 6.07) is 4.71. The lowest BCUT2D eigenvalue weighted by Gasteiger charge is -2.28. The Bertz CT molecular complexity index is 453. The summed E-state index contributed by atoms with van der Waals surface area (Å²) in [5.41, 5.74) is 0.899. The van der Waals surface area contributed by atoms with Crippen LogP contribution in [0.3, 0.4) is 0 Å². The number of pyridine rings is 1. The molecule has 1 saturated heterocycles. The first-order chi connectivity index (χ1) is 9.49. The molecule has 0 aromatic carbocycles. The van der Waals surface area contributed by atoms with Crippen LogP contribution in [0.1, 0.15) is 32.9 Å². The van der Waals surface area contributed by atoms with E-state index in [0.717, 1.165) is 24.5 Å². The second-order valence-corrected chi connectivity index (χ2v) is 6.08. The molecule has 2 heterocycles. The molecule has 2 rings (SSSR count). The Morgan fingerprint density at radius 3 is 2.85 bits per heavy atom. The van der Waals surface area contributed by atoms with Crippen LogP contribution >= 0.6 is 11.6 Å². The molecule has 0 amide bonds. The van der Waals surface area contributed by atoms with Gasteiger partial charge in [-0.15, -0.1) is 0 Å². The van der Waals surface area contributed by atoms with Gasteiger partial charge in [0.25, 0.3) is 0 Å². The molecule has 0 spiro atoms. The van der Waals surface area contributed by atoms with Gasteiger partial charge in [0, 0.05) is 26.2 Å². The Hall–Kier alpha value is -0.840. The lowest BCUT2D eigenvalue weighted by molar-refractivity contribution is 0.118. The van der Waals surface area contributed by atoms with Crippen LogP contribution in [-0.2, 0) is 11.3 Å². The van der Waals surface area contributed by atoms with Crippen LogP contribution in [0.2, 0.25) is 5.02 Å². The van der Waals surface area contributed by atoms with E-state index in [1.54, 1.807) is 0 Å². The molecular formula is C15H24ClN3O. The number of hydrogen-bond acceptors (Lipinski definition) is 4. The molecule has 1 N–H and O–H groups in total. The van der Waals surface area contributed by atoms with Crippen LogP contribution in [-0.4, -0.2) is 36.8 Å². The summed E-state index contributed by atoms with van der Waals surface area (Å²) < 4.78 is 5.63. The quantitative estimate of drug-likeness (QED) is 0.907. The molecule has 1 aromatic rings. The molecule has 0 radical (unpaired) electrons. The van der Waals surface area contributed by atoms with Gasteiger partial charge in [0.1, 0.15) is 5.82 Å². The van der Waals surface area contributed by atoms with Gasteiger partial charge in [0.2, 0.25) is 0 Å². The van der Waals surface area contributed by atoms with E-state index in [9.17, 15) is 0 Å². The van der Waals surface area contributed by atoms with Crippen molar-refractivity contribution in [2.45, 2.75) is 51.9 Å². The van der Waals surface area contributed by atoms with E-state index in [4.69, 9.17) is 21.3 Å². The van der Waals surface area contributed by atoms with Crippen molar-refractivity contribution in [1.29, 1.82) is 0 Å². The zero-order chi connectivity index (χ0) is 14.7. The summed E-state index contributed by atoms with van der Waals surface area (Å²) in [6.07, 6.45) is 1.29. The maximum atomic E-state index is 6.23. The first-order valence-electron chi connectivity index (χ1n) is 7.22. The number of aromatic nitrogens is 1. The summed E-state index contributed by atoms with van der Waals surface area (Å²) in [5.74, 6) is 0.956. The average Bonchev–Trinajstić information content (AvgIpc) is 2.83. The van der Waals surface area contributed by atoms with Crippen molar-refractivity contribution in [2.75, 3.05) is 18.6 Å². The Kier molecular flexibility index (Phi) is 5.24. The summed E-state index contributed by atoms with van der Waals surface area (Å²) in [4.78, 5) is 6.90. The first-order valence-corrected chi connectivity index (χ1v) is 7.60. The number of halogens is 1. The fraction of sp³-hybridized carbons (Fsp3) is 0.667. The van der Waals surface area contributed by atoms with Gasteiger partial charge in [0.05, 0.1) is 22.9 Å². The second-order valence-electron chi connectivity index (χ2n) is 5.68. The SMILES string of the molecule is CC(C)NCc1nc(N(C)C2CCOC2C)ccc1Cl. The molecule has 0 bridgehead atoms. The van der Waals surface area contributed by atoms with Gasteiger partial charge in [0.15, 0.2) is 0 Å². The average molecular weight is 298 g/mol. The topological polar surface area (TPSA) is 37.4 Å². The van der Waals surface area contributed by atoms with Crippen molar-refractivity contribution in [3.8, 4) is 0 Å². The maximum absolute atomic E-state index is 6.23. The highest BCUT2D eigenvalue weighted by Gasteiger charge is 2.28. The largest absolute Gasteiger partial charge is 0.376 e. The lowest BCUT2D eigenvalue weighted by Crippen LogP contribution is -2.37. The summed E-state index contributed by atoms with van der Waals surface area (Å²) >= 11 is 6.23. The Morgan fingerprint density at radius 2 is 2.25 bits per heavy atom.